The molecule has 0 amide bonds. The van der Waals surface area contributed by atoms with Crippen molar-refractivity contribution < 1.29 is 9.84 Å². The molecule has 0 aliphatic carbocycles. The van der Waals surface area contributed by atoms with Crippen LogP contribution in [0.4, 0.5) is 5.13 Å². The van der Waals surface area contributed by atoms with E-state index in [-0.39, 0.29) is 5.75 Å². The molecular formula is C15H11Br2N3O2S. The molecule has 0 saturated heterocycles. The molecule has 0 bridgehead atoms. The molecule has 8 heteroatoms. The van der Waals surface area contributed by atoms with Crippen molar-refractivity contribution in [2.24, 2.45) is 5.10 Å². The summed E-state index contributed by atoms with van der Waals surface area (Å²) >= 11 is 8.32. The van der Waals surface area contributed by atoms with E-state index in [1.807, 2.05) is 24.3 Å². The number of methoxy groups -OCH3 is 1. The maximum absolute atomic E-state index is 10.2. The van der Waals surface area contributed by atoms with Crippen molar-refractivity contribution in [1.82, 2.24) is 4.98 Å². The summed E-state index contributed by atoms with van der Waals surface area (Å²) in [5, 5.41) is 15.0. The predicted octanol–water partition coefficient (Wildman–Crippen LogP) is 4.98. The smallest absolute Gasteiger partial charge is 0.204 e. The Morgan fingerprint density at radius 3 is 2.87 bits per heavy atom. The fourth-order valence-corrected chi connectivity index (χ4v) is 3.60. The minimum atomic E-state index is 0.0115. The molecule has 1 heterocycles. The van der Waals surface area contributed by atoms with Gasteiger partial charge in [-0.15, -0.1) is 0 Å². The number of hydrogen-bond donors (Lipinski definition) is 2. The molecule has 0 saturated carbocycles. The molecule has 118 valence electrons. The molecule has 0 unspecified atom stereocenters. The zero-order valence-electron chi connectivity index (χ0n) is 11.9. The molecule has 2 aromatic carbocycles. The first-order valence-corrected chi connectivity index (χ1v) is 8.90. The molecule has 0 aliphatic rings. The van der Waals surface area contributed by atoms with Crippen LogP contribution in [0.1, 0.15) is 5.56 Å². The van der Waals surface area contributed by atoms with E-state index < -0.39 is 0 Å². The lowest BCUT2D eigenvalue weighted by atomic mass is 10.2. The highest BCUT2D eigenvalue weighted by Crippen LogP contribution is 2.39. The Hall–Kier alpha value is -1.64. The van der Waals surface area contributed by atoms with Gasteiger partial charge in [-0.25, -0.2) is 4.98 Å². The number of hydrogen-bond acceptors (Lipinski definition) is 6. The van der Waals surface area contributed by atoms with Gasteiger partial charge in [0, 0.05) is 8.95 Å². The van der Waals surface area contributed by atoms with Gasteiger partial charge in [0.05, 0.1) is 29.1 Å². The van der Waals surface area contributed by atoms with Crippen molar-refractivity contribution in [3.63, 3.8) is 0 Å². The highest BCUT2D eigenvalue weighted by atomic mass is 79.9. The van der Waals surface area contributed by atoms with E-state index in [9.17, 15) is 5.11 Å². The first-order valence-electron chi connectivity index (χ1n) is 6.49. The fourth-order valence-electron chi connectivity index (χ4n) is 1.96. The quantitative estimate of drug-likeness (QED) is 0.429. The van der Waals surface area contributed by atoms with Crippen LogP contribution < -0.4 is 10.2 Å². The number of phenolic OH excluding ortho intramolecular Hbond substituents is 1. The van der Waals surface area contributed by atoms with Gasteiger partial charge in [-0.2, -0.15) is 5.10 Å². The van der Waals surface area contributed by atoms with Gasteiger partial charge in [0.25, 0.3) is 0 Å². The van der Waals surface area contributed by atoms with Crippen molar-refractivity contribution in [1.29, 1.82) is 0 Å². The lowest BCUT2D eigenvalue weighted by molar-refractivity contribution is 0.372. The van der Waals surface area contributed by atoms with Gasteiger partial charge in [-0.05, 0) is 50.1 Å². The Balaban J connectivity index is 1.86. The molecule has 23 heavy (non-hydrogen) atoms. The number of nitrogens with zero attached hydrogens (tertiary/aromatic N) is 2. The second kappa shape index (κ2) is 6.86. The van der Waals surface area contributed by atoms with Gasteiger partial charge in [0.1, 0.15) is 0 Å². The fraction of sp³-hybridized carbons (Fsp3) is 0.0667. The number of fused-ring (bicyclic) bond motifs is 1. The summed E-state index contributed by atoms with van der Waals surface area (Å²) in [5.74, 6) is 0.374. The van der Waals surface area contributed by atoms with E-state index >= 15 is 0 Å². The number of hydrazone groups is 1. The lowest BCUT2D eigenvalue weighted by Crippen LogP contribution is -1.94. The number of halogens is 2. The van der Waals surface area contributed by atoms with E-state index in [0.29, 0.717) is 20.9 Å². The second-order valence-corrected chi connectivity index (χ2v) is 7.17. The largest absolute Gasteiger partial charge is 0.504 e. The van der Waals surface area contributed by atoms with Crippen LogP contribution in [-0.4, -0.2) is 23.4 Å². The molecule has 5 nitrogen and oxygen atoms in total. The zero-order chi connectivity index (χ0) is 16.4. The number of thiazole rings is 1. The van der Waals surface area contributed by atoms with E-state index in [1.54, 1.807) is 6.07 Å². The molecule has 3 aromatic rings. The second-order valence-electron chi connectivity index (χ2n) is 4.49. The van der Waals surface area contributed by atoms with Crippen LogP contribution in [0.2, 0.25) is 0 Å². The highest BCUT2D eigenvalue weighted by molar-refractivity contribution is 9.13. The van der Waals surface area contributed by atoms with Crippen LogP contribution in [0.15, 0.2) is 44.4 Å². The Bertz CT molecular complexity index is 863. The maximum Gasteiger partial charge on any atom is 0.204 e. The third-order valence-corrected chi connectivity index (χ3v) is 6.01. The Kier molecular flexibility index (Phi) is 4.84. The van der Waals surface area contributed by atoms with Crippen molar-refractivity contribution in [2.75, 3.05) is 12.5 Å². The topological polar surface area (TPSA) is 66.7 Å². The summed E-state index contributed by atoms with van der Waals surface area (Å²) in [6, 6.07) is 9.54. The van der Waals surface area contributed by atoms with Gasteiger partial charge in [-0.3, -0.25) is 5.43 Å². The molecular weight excluding hydrogens is 446 g/mol. The van der Waals surface area contributed by atoms with Gasteiger partial charge in [0.15, 0.2) is 11.5 Å². The molecule has 1 aromatic heterocycles. The first-order chi connectivity index (χ1) is 11.1. The molecule has 0 radical (unpaired) electrons. The van der Waals surface area contributed by atoms with E-state index in [0.717, 1.165) is 14.7 Å². The number of benzene rings is 2. The van der Waals surface area contributed by atoms with Gasteiger partial charge in [0.2, 0.25) is 5.13 Å². The molecule has 0 spiro atoms. The minimum absolute atomic E-state index is 0.0115. The SMILES string of the molecule is COc1cc(Br)c(Br)c(/C=N/Nc2nc3ccccc3s2)c1O. The highest BCUT2D eigenvalue weighted by Gasteiger charge is 2.14. The van der Waals surface area contributed by atoms with Crippen molar-refractivity contribution >= 4 is 64.8 Å². The molecule has 3 rings (SSSR count). The Morgan fingerprint density at radius 2 is 2.13 bits per heavy atom. The van der Waals surface area contributed by atoms with Crippen molar-refractivity contribution in [3.8, 4) is 11.5 Å². The summed E-state index contributed by atoms with van der Waals surface area (Å²) in [5.41, 5.74) is 4.31. The summed E-state index contributed by atoms with van der Waals surface area (Å²) in [6.07, 6.45) is 1.51. The third kappa shape index (κ3) is 3.34. The van der Waals surface area contributed by atoms with Gasteiger partial charge >= 0.3 is 0 Å². The van der Waals surface area contributed by atoms with E-state index in [2.05, 4.69) is 47.4 Å². The van der Waals surface area contributed by atoms with E-state index in [1.165, 1.54) is 24.7 Å². The number of para-hydroxylation sites is 1. The van der Waals surface area contributed by atoms with Crippen molar-refractivity contribution in [2.45, 2.75) is 0 Å². The molecule has 0 aliphatic heterocycles. The predicted molar refractivity (Wildman–Crippen MR) is 101 cm³/mol. The lowest BCUT2D eigenvalue weighted by Gasteiger charge is -2.09. The average molecular weight is 457 g/mol. The van der Waals surface area contributed by atoms with Crippen molar-refractivity contribution in [3.05, 3.63) is 44.8 Å². The zero-order valence-corrected chi connectivity index (χ0v) is 15.9. The van der Waals surface area contributed by atoms with Gasteiger partial charge < -0.3 is 9.84 Å². The number of aromatic nitrogens is 1. The summed E-state index contributed by atoms with van der Waals surface area (Å²) in [7, 11) is 1.50. The summed E-state index contributed by atoms with van der Waals surface area (Å²) in [4.78, 5) is 4.43. The molecule has 0 atom stereocenters. The average Bonchev–Trinajstić information content (AvgIpc) is 2.96. The standard InChI is InChI=1S/C15H11Br2N3O2S/c1-22-11-6-9(16)13(17)8(14(11)21)7-18-20-15-19-10-4-2-3-5-12(10)23-15/h2-7,21H,1H3,(H,19,20)/b18-7+. The van der Waals surface area contributed by atoms with Crippen LogP contribution >= 0.6 is 43.2 Å². The number of anilines is 1. The van der Waals surface area contributed by atoms with E-state index in [4.69, 9.17) is 4.74 Å². The van der Waals surface area contributed by atoms with Crippen LogP contribution in [0.3, 0.4) is 0 Å². The van der Waals surface area contributed by atoms with Gasteiger partial charge in [-0.1, -0.05) is 23.5 Å². The number of aromatic hydroxyl groups is 1. The monoisotopic (exact) mass is 455 g/mol. The Labute approximate surface area is 153 Å². The van der Waals surface area contributed by atoms with Crippen LogP contribution in [0, 0.1) is 0 Å². The number of ether oxygens (including phenoxy) is 1. The summed E-state index contributed by atoms with van der Waals surface area (Å²) in [6.45, 7) is 0. The summed E-state index contributed by atoms with van der Waals surface area (Å²) < 4.78 is 7.66. The normalized spacial score (nSPS) is 11.3. The van der Waals surface area contributed by atoms with Crippen LogP contribution in [0.5, 0.6) is 11.5 Å². The third-order valence-electron chi connectivity index (χ3n) is 3.06. The Morgan fingerprint density at radius 1 is 1.35 bits per heavy atom. The number of nitrogens with one attached hydrogen (secondary N) is 1. The van der Waals surface area contributed by atoms with Crippen LogP contribution in [-0.2, 0) is 0 Å². The molecule has 2 N–H and O–H groups in total. The maximum atomic E-state index is 10.2. The minimum Gasteiger partial charge on any atom is -0.504 e. The number of phenols is 1. The number of rotatable bonds is 4. The molecule has 0 fully saturated rings. The first kappa shape index (κ1) is 16.2. The van der Waals surface area contributed by atoms with Crippen LogP contribution in [0.25, 0.3) is 10.2 Å².